The highest BCUT2D eigenvalue weighted by Crippen LogP contribution is 2.30. The normalized spacial score (nSPS) is 11.1. The van der Waals surface area contributed by atoms with E-state index in [2.05, 4.69) is 71.5 Å². The fourth-order valence-electron chi connectivity index (χ4n) is 2.53. The van der Waals surface area contributed by atoms with Gasteiger partial charge in [-0.15, -0.1) is 11.3 Å². The molecule has 0 atom stereocenters. The van der Waals surface area contributed by atoms with Crippen molar-refractivity contribution in [1.29, 1.82) is 0 Å². The molecule has 4 rings (SSSR count). The molecule has 0 radical (unpaired) electrons. The summed E-state index contributed by atoms with van der Waals surface area (Å²) in [5.41, 5.74) is 5.79. The number of nitrogens with one attached hydrogen (secondary N) is 1. The molecular weight excluding hydrogens is 276 g/mol. The lowest BCUT2D eigenvalue weighted by Gasteiger charge is -2.03. The van der Waals surface area contributed by atoms with Gasteiger partial charge in [0, 0.05) is 9.75 Å². The number of H-pyrrole nitrogens is 1. The summed E-state index contributed by atoms with van der Waals surface area (Å²) >= 11 is 1.83. The number of aryl methyl sites for hydroxylation is 1. The first-order valence-corrected chi connectivity index (χ1v) is 7.72. The van der Waals surface area contributed by atoms with Gasteiger partial charge in [0.05, 0.1) is 17.4 Å². The second-order valence-electron chi connectivity index (χ2n) is 5.12. The molecule has 2 aromatic heterocycles. The Hall–Kier alpha value is -2.39. The van der Waals surface area contributed by atoms with E-state index < -0.39 is 0 Å². The molecule has 0 spiro atoms. The van der Waals surface area contributed by atoms with Crippen LogP contribution >= 0.6 is 11.3 Å². The minimum absolute atomic E-state index is 1.00. The van der Waals surface area contributed by atoms with Crippen molar-refractivity contribution in [2.45, 2.75) is 6.92 Å². The topological polar surface area (TPSA) is 28.7 Å². The van der Waals surface area contributed by atoms with Gasteiger partial charge >= 0.3 is 0 Å². The molecule has 0 saturated carbocycles. The van der Waals surface area contributed by atoms with Crippen LogP contribution in [0.5, 0.6) is 0 Å². The second-order valence-corrected chi connectivity index (χ2v) is 6.41. The Morgan fingerprint density at radius 3 is 2.38 bits per heavy atom. The summed E-state index contributed by atoms with van der Waals surface area (Å²) < 4.78 is 0. The molecular formula is C18H14N2S. The Kier molecular flexibility index (Phi) is 2.86. The monoisotopic (exact) mass is 290 g/mol. The Morgan fingerprint density at radius 2 is 1.62 bits per heavy atom. The summed E-state index contributed by atoms with van der Waals surface area (Å²) in [6, 6.07) is 19.4. The predicted octanol–water partition coefficient (Wildman–Crippen LogP) is 5.27. The number of aromatic nitrogens is 2. The molecule has 1 N–H and O–H groups in total. The van der Waals surface area contributed by atoms with Gasteiger partial charge in [0.25, 0.3) is 0 Å². The third-order valence-electron chi connectivity index (χ3n) is 3.66. The number of aromatic amines is 1. The number of hydrogen-bond donors (Lipinski definition) is 1. The van der Waals surface area contributed by atoms with E-state index in [0.29, 0.717) is 0 Å². The maximum atomic E-state index is 4.26. The third kappa shape index (κ3) is 2.26. The molecule has 2 nitrogen and oxygen atoms in total. The quantitative estimate of drug-likeness (QED) is 0.535. The minimum Gasteiger partial charge on any atom is -0.345 e. The molecule has 0 saturated heterocycles. The number of rotatable bonds is 2. The molecule has 0 unspecified atom stereocenters. The molecule has 0 bridgehead atoms. The summed E-state index contributed by atoms with van der Waals surface area (Å²) in [5, 5.41) is 0. The van der Waals surface area contributed by atoms with Gasteiger partial charge in [-0.3, -0.25) is 0 Å². The van der Waals surface area contributed by atoms with Crippen LogP contribution in [0.4, 0.5) is 0 Å². The highest BCUT2D eigenvalue weighted by atomic mass is 32.1. The fraction of sp³-hybridized carbons (Fsp3) is 0.0556. The van der Waals surface area contributed by atoms with Gasteiger partial charge in [-0.1, -0.05) is 30.3 Å². The largest absolute Gasteiger partial charge is 0.345 e. The van der Waals surface area contributed by atoms with Crippen LogP contribution in [0.2, 0.25) is 0 Å². The van der Waals surface area contributed by atoms with Crippen molar-refractivity contribution in [3.8, 4) is 21.6 Å². The SMILES string of the molecule is Cc1ccc(-c2ccc(-c3ccc4nc[nH]c4c3)cc2)s1. The first-order chi connectivity index (χ1) is 10.3. The summed E-state index contributed by atoms with van der Waals surface area (Å²) in [5.74, 6) is 0. The van der Waals surface area contributed by atoms with E-state index in [0.717, 1.165) is 11.0 Å². The number of nitrogens with zero attached hydrogens (tertiary/aromatic N) is 1. The van der Waals surface area contributed by atoms with Crippen LogP contribution in [0.15, 0.2) is 60.9 Å². The van der Waals surface area contributed by atoms with E-state index in [1.54, 1.807) is 6.33 Å². The van der Waals surface area contributed by atoms with Gasteiger partial charge in [0.1, 0.15) is 0 Å². The molecule has 0 amide bonds. The smallest absolute Gasteiger partial charge is 0.0931 e. The fourth-order valence-corrected chi connectivity index (χ4v) is 3.40. The highest BCUT2D eigenvalue weighted by molar-refractivity contribution is 7.15. The molecule has 2 aromatic carbocycles. The summed E-state index contributed by atoms with van der Waals surface area (Å²) in [4.78, 5) is 10.1. The lowest BCUT2D eigenvalue weighted by Crippen LogP contribution is -1.79. The molecule has 102 valence electrons. The molecule has 0 aliphatic rings. The van der Waals surface area contributed by atoms with Crippen LogP contribution in [-0.2, 0) is 0 Å². The first kappa shape index (κ1) is 12.4. The van der Waals surface area contributed by atoms with Crippen LogP contribution in [-0.4, -0.2) is 9.97 Å². The Labute approximate surface area is 127 Å². The van der Waals surface area contributed by atoms with Crippen LogP contribution in [0.3, 0.4) is 0 Å². The standard InChI is InChI=1S/C18H14N2S/c1-12-2-9-18(21-12)14-5-3-13(4-6-14)15-7-8-16-17(10-15)20-11-19-16/h2-11H,1H3,(H,19,20). The third-order valence-corrected chi connectivity index (χ3v) is 4.71. The van der Waals surface area contributed by atoms with Gasteiger partial charge in [-0.05, 0) is 47.9 Å². The van der Waals surface area contributed by atoms with Crippen molar-refractivity contribution < 1.29 is 0 Å². The first-order valence-electron chi connectivity index (χ1n) is 6.90. The molecule has 0 fully saturated rings. The maximum absolute atomic E-state index is 4.26. The number of fused-ring (bicyclic) bond motifs is 1. The van der Waals surface area contributed by atoms with Crippen LogP contribution in [0, 0.1) is 6.92 Å². The molecule has 4 aromatic rings. The van der Waals surface area contributed by atoms with E-state index in [1.807, 2.05) is 11.3 Å². The molecule has 0 aliphatic carbocycles. The number of thiophene rings is 1. The van der Waals surface area contributed by atoms with Crippen LogP contribution < -0.4 is 0 Å². The number of hydrogen-bond acceptors (Lipinski definition) is 2. The molecule has 2 heterocycles. The zero-order chi connectivity index (χ0) is 14.2. The Balaban J connectivity index is 1.72. The van der Waals surface area contributed by atoms with E-state index in [1.165, 1.54) is 26.4 Å². The predicted molar refractivity (Wildman–Crippen MR) is 89.6 cm³/mol. The van der Waals surface area contributed by atoms with Gasteiger partial charge in [0.2, 0.25) is 0 Å². The Bertz CT molecular complexity index is 900. The van der Waals surface area contributed by atoms with E-state index in [4.69, 9.17) is 0 Å². The van der Waals surface area contributed by atoms with Crippen molar-refractivity contribution in [3.05, 3.63) is 65.8 Å². The van der Waals surface area contributed by atoms with Gasteiger partial charge in [0.15, 0.2) is 0 Å². The average molecular weight is 290 g/mol. The van der Waals surface area contributed by atoms with Crippen molar-refractivity contribution in [2.75, 3.05) is 0 Å². The van der Waals surface area contributed by atoms with E-state index >= 15 is 0 Å². The summed E-state index contributed by atoms with van der Waals surface area (Å²) in [7, 11) is 0. The number of imidazole rings is 1. The van der Waals surface area contributed by atoms with Crippen molar-refractivity contribution >= 4 is 22.4 Å². The minimum atomic E-state index is 1.00. The summed E-state index contributed by atoms with van der Waals surface area (Å²) in [6.07, 6.45) is 1.73. The van der Waals surface area contributed by atoms with Crippen LogP contribution in [0.25, 0.3) is 32.6 Å². The van der Waals surface area contributed by atoms with Crippen LogP contribution in [0.1, 0.15) is 4.88 Å². The van der Waals surface area contributed by atoms with E-state index in [9.17, 15) is 0 Å². The van der Waals surface area contributed by atoms with Gasteiger partial charge in [-0.25, -0.2) is 4.98 Å². The summed E-state index contributed by atoms with van der Waals surface area (Å²) in [6.45, 7) is 2.14. The van der Waals surface area contributed by atoms with Gasteiger partial charge < -0.3 is 4.98 Å². The van der Waals surface area contributed by atoms with Crippen molar-refractivity contribution in [2.24, 2.45) is 0 Å². The van der Waals surface area contributed by atoms with E-state index in [-0.39, 0.29) is 0 Å². The molecule has 21 heavy (non-hydrogen) atoms. The lowest BCUT2D eigenvalue weighted by atomic mass is 10.0. The molecule has 3 heteroatoms. The Morgan fingerprint density at radius 1 is 0.857 bits per heavy atom. The lowest BCUT2D eigenvalue weighted by molar-refractivity contribution is 1.34. The van der Waals surface area contributed by atoms with Crippen molar-refractivity contribution in [3.63, 3.8) is 0 Å². The molecule has 0 aliphatic heterocycles. The average Bonchev–Trinajstić information content (AvgIpc) is 3.15. The maximum Gasteiger partial charge on any atom is 0.0931 e. The highest BCUT2D eigenvalue weighted by Gasteiger charge is 2.04. The van der Waals surface area contributed by atoms with Crippen molar-refractivity contribution in [1.82, 2.24) is 9.97 Å². The second kappa shape index (κ2) is 4.86. The number of benzene rings is 2. The zero-order valence-electron chi connectivity index (χ0n) is 11.6. The van der Waals surface area contributed by atoms with Gasteiger partial charge in [-0.2, -0.15) is 0 Å². The zero-order valence-corrected chi connectivity index (χ0v) is 12.4.